The quantitative estimate of drug-likeness (QED) is 0.782. The fraction of sp³-hybridized carbons (Fsp3) is 0.833. The van der Waals surface area contributed by atoms with Crippen LogP contribution in [0.3, 0.4) is 0 Å². The van der Waals surface area contributed by atoms with Gasteiger partial charge >= 0.3 is 5.97 Å². The van der Waals surface area contributed by atoms with Crippen LogP contribution in [0.4, 0.5) is 0 Å². The number of ether oxygens (including phenoxy) is 1. The van der Waals surface area contributed by atoms with Crippen molar-refractivity contribution in [3.05, 3.63) is 0 Å². The van der Waals surface area contributed by atoms with E-state index in [4.69, 9.17) is 4.74 Å². The van der Waals surface area contributed by atoms with Crippen molar-refractivity contribution in [3.8, 4) is 0 Å². The SMILES string of the molecule is COC1(CC(=O)NC2(C(=O)O)CCSC2)CCC1. The van der Waals surface area contributed by atoms with E-state index in [1.165, 1.54) is 0 Å². The zero-order valence-corrected chi connectivity index (χ0v) is 11.3. The summed E-state index contributed by atoms with van der Waals surface area (Å²) < 4.78 is 5.39. The molecule has 1 saturated carbocycles. The fourth-order valence-electron chi connectivity index (χ4n) is 2.51. The second kappa shape index (κ2) is 5.09. The molecule has 0 radical (unpaired) electrons. The van der Waals surface area contributed by atoms with E-state index < -0.39 is 11.5 Å². The van der Waals surface area contributed by atoms with Gasteiger partial charge in [0.2, 0.25) is 5.91 Å². The number of carboxylic acids is 1. The number of carboxylic acid groups (broad SMARTS) is 1. The summed E-state index contributed by atoms with van der Waals surface area (Å²) in [5.74, 6) is 0.0955. The van der Waals surface area contributed by atoms with Gasteiger partial charge in [-0.2, -0.15) is 11.8 Å². The van der Waals surface area contributed by atoms with Crippen molar-refractivity contribution in [2.75, 3.05) is 18.6 Å². The first-order valence-electron chi connectivity index (χ1n) is 6.19. The number of hydrogen-bond acceptors (Lipinski definition) is 4. The molecule has 2 N–H and O–H groups in total. The van der Waals surface area contributed by atoms with Crippen molar-refractivity contribution < 1.29 is 19.4 Å². The Kier molecular flexibility index (Phi) is 3.87. The van der Waals surface area contributed by atoms with Crippen LogP contribution in [0.2, 0.25) is 0 Å². The van der Waals surface area contributed by atoms with Gasteiger partial charge < -0.3 is 15.2 Å². The summed E-state index contributed by atoms with van der Waals surface area (Å²) in [7, 11) is 1.62. The molecule has 5 nitrogen and oxygen atoms in total. The van der Waals surface area contributed by atoms with Gasteiger partial charge in [-0.3, -0.25) is 4.79 Å². The van der Waals surface area contributed by atoms with Crippen molar-refractivity contribution in [2.45, 2.75) is 43.2 Å². The summed E-state index contributed by atoms with van der Waals surface area (Å²) in [6.07, 6.45) is 3.60. The van der Waals surface area contributed by atoms with Crippen LogP contribution >= 0.6 is 11.8 Å². The van der Waals surface area contributed by atoms with Crippen molar-refractivity contribution in [2.24, 2.45) is 0 Å². The largest absolute Gasteiger partial charge is 0.479 e. The molecule has 2 rings (SSSR count). The van der Waals surface area contributed by atoms with E-state index >= 15 is 0 Å². The number of amides is 1. The summed E-state index contributed by atoms with van der Waals surface area (Å²) in [5, 5.41) is 12.0. The summed E-state index contributed by atoms with van der Waals surface area (Å²) in [6, 6.07) is 0. The number of aliphatic carboxylic acids is 1. The topological polar surface area (TPSA) is 75.6 Å². The Labute approximate surface area is 111 Å². The fourth-order valence-corrected chi connectivity index (χ4v) is 3.84. The molecule has 0 aromatic heterocycles. The van der Waals surface area contributed by atoms with Gasteiger partial charge in [-0.05, 0) is 31.4 Å². The van der Waals surface area contributed by atoms with Crippen LogP contribution in [0.25, 0.3) is 0 Å². The van der Waals surface area contributed by atoms with E-state index in [1.807, 2.05) is 0 Å². The first-order chi connectivity index (χ1) is 8.52. The Morgan fingerprint density at radius 2 is 2.11 bits per heavy atom. The molecule has 1 amide bonds. The van der Waals surface area contributed by atoms with Gasteiger partial charge in [0.15, 0.2) is 0 Å². The lowest BCUT2D eigenvalue weighted by Gasteiger charge is -2.40. The van der Waals surface area contributed by atoms with Gasteiger partial charge in [-0.15, -0.1) is 0 Å². The minimum absolute atomic E-state index is 0.207. The van der Waals surface area contributed by atoms with E-state index in [0.717, 1.165) is 25.0 Å². The van der Waals surface area contributed by atoms with Gasteiger partial charge in [0.05, 0.1) is 12.0 Å². The molecular weight excluding hydrogens is 254 g/mol. The summed E-state index contributed by atoms with van der Waals surface area (Å²) in [5.41, 5.74) is -1.42. The molecule has 0 aromatic carbocycles. The van der Waals surface area contributed by atoms with Crippen LogP contribution in [-0.4, -0.2) is 46.7 Å². The number of carbonyl (C=O) groups is 2. The average molecular weight is 273 g/mol. The highest BCUT2D eigenvalue weighted by molar-refractivity contribution is 7.99. The molecule has 0 aromatic rings. The van der Waals surface area contributed by atoms with Crippen LogP contribution in [0.5, 0.6) is 0 Å². The minimum Gasteiger partial charge on any atom is -0.479 e. The van der Waals surface area contributed by atoms with Gasteiger partial charge in [-0.25, -0.2) is 4.79 Å². The lowest BCUT2D eigenvalue weighted by Crippen LogP contribution is -2.56. The molecule has 2 aliphatic rings. The summed E-state index contributed by atoms with van der Waals surface area (Å²) in [6.45, 7) is 0. The van der Waals surface area contributed by atoms with Crippen molar-refractivity contribution in [1.29, 1.82) is 0 Å². The van der Waals surface area contributed by atoms with Crippen LogP contribution in [0.15, 0.2) is 0 Å². The normalized spacial score (nSPS) is 29.6. The monoisotopic (exact) mass is 273 g/mol. The molecule has 102 valence electrons. The van der Waals surface area contributed by atoms with E-state index in [2.05, 4.69) is 5.32 Å². The number of carbonyl (C=O) groups excluding carboxylic acids is 1. The standard InChI is InChI=1S/C12H19NO4S/c1-17-11(3-2-4-11)7-9(14)13-12(10(15)16)5-6-18-8-12/h2-8H2,1H3,(H,13,14)(H,15,16). The zero-order chi connectivity index (χ0) is 13.2. The molecular formula is C12H19NO4S. The van der Waals surface area contributed by atoms with E-state index in [0.29, 0.717) is 12.2 Å². The van der Waals surface area contributed by atoms with E-state index in [-0.39, 0.29) is 17.9 Å². The second-order valence-corrected chi connectivity index (χ2v) is 6.26. The van der Waals surface area contributed by atoms with Crippen LogP contribution in [0, 0.1) is 0 Å². The maximum Gasteiger partial charge on any atom is 0.330 e. The highest BCUT2D eigenvalue weighted by atomic mass is 32.2. The number of thioether (sulfide) groups is 1. The third-order valence-corrected chi connectivity index (χ3v) is 5.18. The molecule has 18 heavy (non-hydrogen) atoms. The summed E-state index contributed by atoms with van der Waals surface area (Å²) in [4.78, 5) is 23.3. The lowest BCUT2D eigenvalue weighted by molar-refractivity contribution is -0.149. The smallest absolute Gasteiger partial charge is 0.330 e. The maximum atomic E-state index is 12.0. The van der Waals surface area contributed by atoms with E-state index in [1.54, 1.807) is 18.9 Å². The molecule has 0 bridgehead atoms. The molecule has 6 heteroatoms. The Bertz CT molecular complexity index is 342. The predicted octanol–water partition coefficient (Wildman–Crippen LogP) is 1.02. The first kappa shape index (κ1) is 13.7. The van der Waals surface area contributed by atoms with Gasteiger partial charge in [0, 0.05) is 12.9 Å². The molecule has 1 aliphatic carbocycles. The Morgan fingerprint density at radius 1 is 1.39 bits per heavy atom. The Balaban J connectivity index is 1.95. The number of methoxy groups -OCH3 is 1. The van der Waals surface area contributed by atoms with Gasteiger partial charge in [0.25, 0.3) is 0 Å². The van der Waals surface area contributed by atoms with Gasteiger partial charge in [-0.1, -0.05) is 0 Å². The molecule has 1 unspecified atom stereocenters. The minimum atomic E-state index is -1.07. The van der Waals surface area contributed by atoms with Crippen molar-refractivity contribution >= 4 is 23.6 Å². The number of rotatable bonds is 5. The number of nitrogens with one attached hydrogen (secondary N) is 1. The summed E-state index contributed by atoms with van der Waals surface area (Å²) >= 11 is 1.57. The third kappa shape index (κ3) is 2.49. The Morgan fingerprint density at radius 3 is 2.50 bits per heavy atom. The van der Waals surface area contributed by atoms with Crippen molar-refractivity contribution in [3.63, 3.8) is 0 Å². The molecule has 1 heterocycles. The van der Waals surface area contributed by atoms with E-state index in [9.17, 15) is 14.7 Å². The Hall–Kier alpha value is -0.750. The molecule has 0 spiro atoms. The highest BCUT2D eigenvalue weighted by Gasteiger charge is 2.45. The van der Waals surface area contributed by atoms with Gasteiger partial charge in [0.1, 0.15) is 5.54 Å². The molecule has 1 aliphatic heterocycles. The average Bonchev–Trinajstić information content (AvgIpc) is 2.73. The van der Waals surface area contributed by atoms with Crippen LogP contribution in [0.1, 0.15) is 32.1 Å². The maximum absolute atomic E-state index is 12.0. The van der Waals surface area contributed by atoms with Crippen molar-refractivity contribution in [1.82, 2.24) is 5.32 Å². The zero-order valence-electron chi connectivity index (χ0n) is 10.5. The second-order valence-electron chi connectivity index (χ2n) is 5.16. The lowest BCUT2D eigenvalue weighted by atomic mass is 9.77. The van der Waals surface area contributed by atoms with Crippen LogP contribution in [-0.2, 0) is 14.3 Å². The molecule has 1 atom stereocenters. The molecule has 1 saturated heterocycles. The highest BCUT2D eigenvalue weighted by Crippen LogP contribution is 2.38. The predicted molar refractivity (Wildman–Crippen MR) is 68.7 cm³/mol. The first-order valence-corrected chi connectivity index (χ1v) is 7.35. The van der Waals surface area contributed by atoms with Crippen LogP contribution < -0.4 is 5.32 Å². The number of hydrogen-bond donors (Lipinski definition) is 2. The molecule has 2 fully saturated rings. The third-order valence-electron chi connectivity index (χ3n) is 3.99.